The van der Waals surface area contributed by atoms with Gasteiger partial charge in [0.05, 0.1) is 20.4 Å². The third-order valence-corrected chi connectivity index (χ3v) is 2.81. The Kier molecular flexibility index (Phi) is 4.41. The summed E-state index contributed by atoms with van der Waals surface area (Å²) in [5.74, 6) is 2.76. The molecule has 1 aromatic carbocycles. The normalized spacial score (nSPS) is 10.5. The van der Waals surface area contributed by atoms with Crippen LogP contribution in [0.2, 0.25) is 0 Å². The molecule has 2 N–H and O–H groups in total. The van der Waals surface area contributed by atoms with Gasteiger partial charge in [-0.25, -0.2) is 4.98 Å². The smallest absolute Gasteiger partial charge is 0.226 e. The molecule has 0 unspecified atom stereocenters. The minimum absolute atomic E-state index is 0.577. The summed E-state index contributed by atoms with van der Waals surface area (Å²) in [5, 5.41) is 0. The molecule has 0 atom stereocenters. The van der Waals surface area contributed by atoms with Crippen molar-refractivity contribution in [3.63, 3.8) is 0 Å². The van der Waals surface area contributed by atoms with E-state index in [9.17, 15) is 0 Å². The molecule has 5 nitrogen and oxygen atoms in total. The molecule has 0 aliphatic carbocycles. The molecule has 102 valence electrons. The number of aryl methyl sites for hydroxylation is 1. The second-order valence-corrected chi connectivity index (χ2v) is 4.09. The van der Waals surface area contributed by atoms with Crippen LogP contribution in [-0.4, -0.2) is 25.7 Å². The Bertz CT molecular complexity index is 537. The number of methoxy groups -OCH3 is 2. The second-order valence-electron chi connectivity index (χ2n) is 4.09. The third kappa shape index (κ3) is 3.06. The standard InChI is InChI=1S/C14H18N2O3/c1-17-12-6-5-10(8-13(12)18-2)14-16-9-11(19-14)4-3-7-15/h5-6,8-9H,3-4,7,15H2,1-2H3. The Balaban J connectivity index is 2.23. The van der Waals surface area contributed by atoms with Gasteiger partial charge in [-0.3, -0.25) is 0 Å². The zero-order valence-electron chi connectivity index (χ0n) is 11.2. The van der Waals surface area contributed by atoms with Crippen LogP contribution >= 0.6 is 0 Å². The van der Waals surface area contributed by atoms with Crippen LogP contribution < -0.4 is 15.2 Å². The highest BCUT2D eigenvalue weighted by Gasteiger charge is 2.10. The lowest BCUT2D eigenvalue weighted by Crippen LogP contribution is -1.99. The van der Waals surface area contributed by atoms with Crippen molar-refractivity contribution in [2.75, 3.05) is 20.8 Å². The maximum absolute atomic E-state index is 5.68. The second kappa shape index (κ2) is 6.24. The molecule has 0 spiro atoms. The van der Waals surface area contributed by atoms with Gasteiger partial charge in [0.1, 0.15) is 5.76 Å². The molecule has 2 aromatic rings. The van der Waals surface area contributed by atoms with Gasteiger partial charge in [-0.1, -0.05) is 0 Å². The van der Waals surface area contributed by atoms with Crippen LogP contribution in [0.3, 0.4) is 0 Å². The molecule has 19 heavy (non-hydrogen) atoms. The molecule has 0 saturated carbocycles. The number of aromatic nitrogens is 1. The SMILES string of the molecule is COc1ccc(-c2ncc(CCCN)o2)cc1OC. The van der Waals surface area contributed by atoms with E-state index < -0.39 is 0 Å². The van der Waals surface area contributed by atoms with Crippen LogP contribution in [0.1, 0.15) is 12.2 Å². The van der Waals surface area contributed by atoms with E-state index in [-0.39, 0.29) is 0 Å². The molecule has 0 fully saturated rings. The Morgan fingerprint density at radius 3 is 2.68 bits per heavy atom. The van der Waals surface area contributed by atoms with E-state index in [0.717, 1.165) is 24.2 Å². The Morgan fingerprint density at radius 2 is 2.00 bits per heavy atom. The van der Waals surface area contributed by atoms with E-state index >= 15 is 0 Å². The largest absolute Gasteiger partial charge is 0.493 e. The van der Waals surface area contributed by atoms with Gasteiger partial charge in [-0.05, 0) is 31.2 Å². The molecule has 0 radical (unpaired) electrons. The quantitative estimate of drug-likeness (QED) is 0.864. The van der Waals surface area contributed by atoms with Crippen molar-refractivity contribution in [3.8, 4) is 23.0 Å². The number of rotatable bonds is 6. The van der Waals surface area contributed by atoms with Crippen molar-refractivity contribution in [2.24, 2.45) is 5.73 Å². The van der Waals surface area contributed by atoms with E-state index in [1.165, 1.54) is 0 Å². The number of hydrogen-bond donors (Lipinski definition) is 1. The van der Waals surface area contributed by atoms with Crippen LogP contribution in [0.4, 0.5) is 0 Å². The zero-order chi connectivity index (χ0) is 13.7. The fourth-order valence-corrected chi connectivity index (χ4v) is 1.80. The molecular weight excluding hydrogens is 244 g/mol. The van der Waals surface area contributed by atoms with Crippen molar-refractivity contribution in [1.82, 2.24) is 4.98 Å². The highest BCUT2D eigenvalue weighted by molar-refractivity contribution is 5.59. The molecule has 5 heteroatoms. The lowest BCUT2D eigenvalue weighted by molar-refractivity contribution is 0.355. The number of oxazole rings is 1. The van der Waals surface area contributed by atoms with E-state index in [1.807, 2.05) is 18.2 Å². The van der Waals surface area contributed by atoms with E-state index in [0.29, 0.717) is 23.9 Å². The first-order chi connectivity index (χ1) is 9.28. The van der Waals surface area contributed by atoms with Gasteiger partial charge in [0.15, 0.2) is 11.5 Å². The summed E-state index contributed by atoms with van der Waals surface area (Å²) in [6.45, 7) is 0.645. The Hall–Kier alpha value is -2.01. The lowest BCUT2D eigenvalue weighted by atomic mass is 10.2. The fourth-order valence-electron chi connectivity index (χ4n) is 1.80. The molecule has 1 heterocycles. The first-order valence-electron chi connectivity index (χ1n) is 6.15. The zero-order valence-corrected chi connectivity index (χ0v) is 11.2. The minimum atomic E-state index is 0.577. The van der Waals surface area contributed by atoms with Crippen LogP contribution in [0.15, 0.2) is 28.8 Å². The first-order valence-corrected chi connectivity index (χ1v) is 6.15. The fraction of sp³-hybridized carbons (Fsp3) is 0.357. The number of nitrogens with zero attached hydrogens (tertiary/aromatic N) is 1. The molecule has 1 aromatic heterocycles. The summed E-state index contributed by atoms with van der Waals surface area (Å²) >= 11 is 0. The van der Waals surface area contributed by atoms with Crippen molar-refractivity contribution in [3.05, 3.63) is 30.2 Å². The summed E-state index contributed by atoms with van der Waals surface area (Å²) in [7, 11) is 3.21. The molecule has 0 amide bonds. The van der Waals surface area contributed by atoms with Crippen LogP contribution in [0, 0.1) is 0 Å². The van der Waals surface area contributed by atoms with Crippen molar-refractivity contribution in [1.29, 1.82) is 0 Å². The molecule has 2 rings (SSSR count). The van der Waals surface area contributed by atoms with E-state index in [2.05, 4.69) is 4.98 Å². The third-order valence-electron chi connectivity index (χ3n) is 2.81. The average Bonchev–Trinajstić information content (AvgIpc) is 2.93. The predicted octanol–water partition coefficient (Wildman–Crippen LogP) is 2.25. The maximum atomic E-state index is 5.68. The van der Waals surface area contributed by atoms with Crippen molar-refractivity contribution >= 4 is 0 Å². The summed E-state index contributed by atoms with van der Waals surface area (Å²) in [4.78, 5) is 4.27. The molecule has 0 saturated heterocycles. The highest BCUT2D eigenvalue weighted by atomic mass is 16.5. The number of ether oxygens (including phenoxy) is 2. The number of hydrogen-bond acceptors (Lipinski definition) is 5. The van der Waals surface area contributed by atoms with Gasteiger partial charge in [0.2, 0.25) is 5.89 Å². The summed E-state index contributed by atoms with van der Waals surface area (Å²) in [6, 6.07) is 5.56. The highest BCUT2D eigenvalue weighted by Crippen LogP contribution is 2.32. The van der Waals surface area contributed by atoms with Crippen LogP contribution in [0.5, 0.6) is 11.5 Å². The maximum Gasteiger partial charge on any atom is 0.226 e. The van der Waals surface area contributed by atoms with Gasteiger partial charge in [-0.15, -0.1) is 0 Å². The Morgan fingerprint density at radius 1 is 1.21 bits per heavy atom. The lowest BCUT2D eigenvalue weighted by Gasteiger charge is -2.07. The minimum Gasteiger partial charge on any atom is -0.493 e. The molecular formula is C14H18N2O3. The van der Waals surface area contributed by atoms with Gasteiger partial charge in [0, 0.05) is 12.0 Å². The van der Waals surface area contributed by atoms with Gasteiger partial charge in [0.25, 0.3) is 0 Å². The molecule has 0 aliphatic rings. The summed E-state index contributed by atoms with van der Waals surface area (Å²) in [5.41, 5.74) is 6.33. The van der Waals surface area contributed by atoms with Crippen molar-refractivity contribution < 1.29 is 13.9 Å². The number of benzene rings is 1. The molecule has 0 aliphatic heterocycles. The predicted molar refractivity (Wildman–Crippen MR) is 72.4 cm³/mol. The van der Waals surface area contributed by atoms with Gasteiger partial charge in [-0.2, -0.15) is 0 Å². The monoisotopic (exact) mass is 262 g/mol. The van der Waals surface area contributed by atoms with Gasteiger partial charge < -0.3 is 19.6 Å². The van der Waals surface area contributed by atoms with Crippen molar-refractivity contribution in [2.45, 2.75) is 12.8 Å². The Labute approximate surface area is 112 Å². The van der Waals surface area contributed by atoms with Crippen LogP contribution in [0.25, 0.3) is 11.5 Å². The topological polar surface area (TPSA) is 70.5 Å². The number of nitrogens with two attached hydrogens (primary N) is 1. The summed E-state index contributed by atoms with van der Waals surface area (Å²) < 4.78 is 16.1. The molecule has 0 bridgehead atoms. The average molecular weight is 262 g/mol. The summed E-state index contributed by atoms with van der Waals surface area (Å²) in [6.07, 6.45) is 3.43. The van der Waals surface area contributed by atoms with Crippen LogP contribution in [-0.2, 0) is 6.42 Å². The van der Waals surface area contributed by atoms with E-state index in [1.54, 1.807) is 20.4 Å². The first kappa shape index (κ1) is 13.4. The van der Waals surface area contributed by atoms with Gasteiger partial charge >= 0.3 is 0 Å². The van der Waals surface area contributed by atoms with E-state index in [4.69, 9.17) is 19.6 Å².